The van der Waals surface area contributed by atoms with Crippen molar-refractivity contribution in [1.82, 2.24) is 4.98 Å². The van der Waals surface area contributed by atoms with Crippen molar-refractivity contribution >= 4 is 69.0 Å². The molecule has 410 valence electrons. The van der Waals surface area contributed by atoms with Crippen LogP contribution >= 0.6 is 11.3 Å². The van der Waals surface area contributed by atoms with Crippen LogP contribution in [0.15, 0.2) is 120 Å². The molecule has 0 aliphatic heterocycles. The zero-order chi connectivity index (χ0) is 54.6. The van der Waals surface area contributed by atoms with E-state index in [0.29, 0.717) is 86.9 Å². The Labute approximate surface area is 459 Å². The molecule has 2 aromatic heterocycles. The summed E-state index contributed by atoms with van der Waals surface area (Å²) >= 11 is 1.43. The number of aromatic nitrogens is 1. The van der Waals surface area contributed by atoms with Crippen molar-refractivity contribution in [2.24, 2.45) is 23.7 Å². The molecule has 8 rings (SSSR count). The molecular weight excluding hydrogens is 1010 g/mol. The first-order valence-corrected chi connectivity index (χ1v) is 28.5. The van der Waals surface area contributed by atoms with E-state index in [-0.39, 0.29) is 64.2 Å². The number of esters is 6. The number of hydrogen-bond donors (Lipinski definition) is 0. The van der Waals surface area contributed by atoms with E-state index in [0.717, 1.165) is 93.1 Å². The van der Waals surface area contributed by atoms with E-state index < -0.39 is 23.8 Å². The normalized spacial score (nSPS) is 17.2. The van der Waals surface area contributed by atoms with Gasteiger partial charge in [-0.2, -0.15) is 0 Å². The minimum Gasteiger partial charge on any atom is -0.463 e. The van der Waals surface area contributed by atoms with Crippen LogP contribution in [0.1, 0.15) is 127 Å². The predicted octanol–water partition coefficient (Wildman–Crippen LogP) is 13.8. The second-order valence-electron chi connectivity index (χ2n) is 20.2. The molecule has 0 amide bonds. The van der Waals surface area contributed by atoms with Gasteiger partial charge in [-0.25, -0.2) is 14.6 Å². The highest BCUT2D eigenvalue weighted by Crippen LogP contribution is 2.46. The summed E-state index contributed by atoms with van der Waals surface area (Å²) in [6.07, 6.45) is 17.7. The summed E-state index contributed by atoms with van der Waals surface area (Å²) in [7, 11) is 0. The quantitative estimate of drug-likeness (QED) is 0.0205. The fourth-order valence-electron chi connectivity index (χ4n) is 10.2. The molecule has 14 nitrogen and oxygen atoms in total. The van der Waals surface area contributed by atoms with Gasteiger partial charge in [0.05, 0.1) is 41.8 Å². The van der Waals surface area contributed by atoms with Gasteiger partial charge in [0.2, 0.25) is 11.5 Å². The molecule has 0 N–H and O–H groups in total. The molecule has 2 fully saturated rings. The Morgan fingerprint density at radius 1 is 0.500 bits per heavy atom. The molecule has 2 aliphatic rings. The molecule has 2 heterocycles. The summed E-state index contributed by atoms with van der Waals surface area (Å²) in [5.74, 6) is -2.35. The van der Waals surface area contributed by atoms with Gasteiger partial charge < -0.3 is 32.8 Å². The van der Waals surface area contributed by atoms with E-state index in [1.54, 1.807) is 12.1 Å². The average Bonchev–Trinajstić information content (AvgIpc) is 4.35. The van der Waals surface area contributed by atoms with Crippen LogP contribution in [0.3, 0.4) is 0 Å². The number of fused-ring (bicyclic) bond motifs is 2. The molecule has 0 bridgehead atoms. The highest BCUT2D eigenvalue weighted by Gasteiger charge is 2.36. The number of carbonyl (C=O) groups excluding carboxylic acids is 6. The summed E-state index contributed by atoms with van der Waals surface area (Å²) in [5.41, 5.74) is 2.75. The molecule has 15 heteroatoms. The SMILES string of the molecule is C=CC(=O)OCCCCCCCc1ccc(OC(=O)C2CCC(C(=O)Oc3c4ccccc4c(OC(=O)C4CCC(C(=O)Oc5ccc(CCCCCCCOC(=O)C=C)cc5)CC4)c4oc(-c5cccs5)nc34)CC2)cc1. The van der Waals surface area contributed by atoms with E-state index in [1.165, 1.54) is 23.5 Å². The largest absolute Gasteiger partial charge is 0.463 e. The molecule has 4 aromatic carbocycles. The fraction of sp³-hybridized carbons (Fsp3) is 0.413. The van der Waals surface area contributed by atoms with Gasteiger partial charge in [0, 0.05) is 22.9 Å². The number of oxazole rings is 1. The van der Waals surface area contributed by atoms with Crippen molar-refractivity contribution in [3.05, 3.63) is 127 Å². The Morgan fingerprint density at radius 3 is 1.35 bits per heavy atom. The molecule has 0 radical (unpaired) electrons. The molecular formula is C63H69NO13S. The third kappa shape index (κ3) is 15.9. The average molecular weight is 1080 g/mol. The van der Waals surface area contributed by atoms with Gasteiger partial charge in [-0.3, -0.25) is 19.2 Å². The van der Waals surface area contributed by atoms with Crippen LogP contribution < -0.4 is 18.9 Å². The number of hydrogen-bond acceptors (Lipinski definition) is 15. The predicted molar refractivity (Wildman–Crippen MR) is 297 cm³/mol. The van der Waals surface area contributed by atoms with Crippen molar-refractivity contribution in [3.8, 4) is 33.8 Å². The lowest BCUT2D eigenvalue weighted by Crippen LogP contribution is -2.30. The van der Waals surface area contributed by atoms with Crippen molar-refractivity contribution < 1.29 is 61.6 Å². The van der Waals surface area contributed by atoms with Crippen molar-refractivity contribution in [1.29, 1.82) is 0 Å². The number of rotatable bonds is 27. The number of unbranched alkanes of at least 4 members (excludes halogenated alkanes) is 8. The number of ether oxygens (including phenoxy) is 6. The maximum atomic E-state index is 14.1. The number of carbonyl (C=O) groups is 6. The van der Waals surface area contributed by atoms with E-state index in [4.69, 9.17) is 37.8 Å². The lowest BCUT2D eigenvalue weighted by atomic mass is 9.82. The minimum absolute atomic E-state index is 0.175. The molecule has 0 saturated heterocycles. The molecule has 2 saturated carbocycles. The molecule has 0 spiro atoms. The molecule has 2 aliphatic carbocycles. The van der Waals surface area contributed by atoms with Gasteiger partial charge >= 0.3 is 35.8 Å². The first-order chi connectivity index (χ1) is 38.1. The van der Waals surface area contributed by atoms with Gasteiger partial charge in [-0.1, -0.05) is 106 Å². The topological polar surface area (TPSA) is 184 Å². The van der Waals surface area contributed by atoms with Crippen LogP contribution in [0.2, 0.25) is 0 Å². The smallest absolute Gasteiger partial charge is 0.330 e. The van der Waals surface area contributed by atoms with E-state index >= 15 is 0 Å². The van der Waals surface area contributed by atoms with Gasteiger partial charge in [0.15, 0.2) is 17.0 Å². The van der Waals surface area contributed by atoms with Gasteiger partial charge in [-0.15, -0.1) is 11.3 Å². The molecule has 0 atom stereocenters. The lowest BCUT2D eigenvalue weighted by Gasteiger charge is -2.26. The molecule has 78 heavy (non-hydrogen) atoms. The highest BCUT2D eigenvalue weighted by molar-refractivity contribution is 7.13. The molecule has 0 unspecified atom stereocenters. The fourth-order valence-corrected chi connectivity index (χ4v) is 10.8. The lowest BCUT2D eigenvalue weighted by molar-refractivity contribution is -0.145. The summed E-state index contributed by atoms with van der Waals surface area (Å²) in [6.45, 7) is 7.64. The van der Waals surface area contributed by atoms with Crippen LogP contribution in [0.5, 0.6) is 23.0 Å². The van der Waals surface area contributed by atoms with Crippen LogP contribution in [0.4, 0.5) is 0 Å². The zero-order valence-electron chi connectivity index (χ0n) is 44.3. The van der Waals surface area contributed by atoms with Crippen molar-refractivity contribution in [3.63, 3.8) is 0 Å². The summed E-state index contributed by atoms with van der Waals surface area (Å²) in [5, 5.41) is 2.93. The van der Waals surface area contributed by atoms with Crippen LogP contribution in [0, 0.1) is 23.7 Å². The van der Waals surface area contributed by atoms with Crippen LogP contribution in [-0.2, 0) is 51.1 Å². The Hall–Kier alpha value is -7.39. The number of aryl methyl sites for hydroxylation is 2. The maximum absolute atomic E-state index is 14.1. The zero-order valence-corrected chi connectivity index (χ0v) is 45.1. The van der Waals surface area contributed by atoms with Gasteiger partial charge in [-0.05, 0) is 137 Å². The first-order valence-electron chi connectivity index (χ1n) is 27.6. The number of nitrogens with zero attached hydrogens (tertiary/aromatic N) is 1. The summed E-state index contributed by atoms with van der Waals surface area (Å²) < 4.78 is 40.6. The van der Waals surface area contributed by atoms with E-state index in [2.05, 4.69) is 13.2 Å². The molecule has 6 aromatic rings. The van der Waals surface area contributed by atoms with Crippen molar-refractivity contribution in [2.75, 3.05) is 13.2 Å². The van der Waals surface area contributed by atoms with Crippen LogP contribution in [-0.4, -0.2) is 54.0 Å². The second-order valence-corrected chi connectivity index (χ2v) is 21.2. The summed E-state index contributed by atoms with van der Waals surface area (Å²) in [6, 6.07) is 26.2. The van der Waals surface area contributed by atoms with Crippen molar-refractivity contribution in [2.45, 2.75) is 128 Å². The van der Waals surface area contributed by atoms with E-state index in [9.17, 15) is 28.8 Å². The van der Waals surface area contributed by atoms with Gasteiger partial charge in [0.25, 0.3) is 0 Å². The van der Waals surface area contributed by atoms with E-state index in [1.807, 2.05) is 78.2 Å². The standard InChI is InChI=1S/C63H69NO13S/c1-3-53(65)71-39-15-9-5-7-11-18-42-23-35-48(36-24-42)73-60(67)44-27-31-46(32-28-44)62(69)76-56-50-20-13-14-21-51(50)57(58-55(56)64-59(75-58)52-22-17-41-78-52)77-63(70)47-33-29-45(30-34-47)61(68)74-49-37-25-43(26-38-49)19-12-8-6-10-16-40-72-54(66)4-2/h3-4,13-14,17,20-26,35-38,41,44-47H,1-2,5-12,15-16,18-19,27-34,39-40H2. The first kappa shape index (κ1) is 56.8. The maximum Gasteiger partial charge on any atom is 0.330 e. The third-order valence-electron chi connectivity index (χ3n) is 14.7. The Kier molecular flexibility index (Phi) is 21.0. The van der Waals surface area contributed by atoms with Gasteiger partial charge in [0.1, 0.15) is 11.5 Å². The monoisotopic (exact) mass is 1080 g/mol. The Morgan fingerprint density at radius 2 is 0.910 bits per heavy atom. The Balaban J connectivity index is 0.822. The minimum atomic E-state index is -0.478. The highest BCUT2D eigenvalue weighted by atomic mass is 32.1. The summed E-state index contributed by atoms with van der Waals surface area (Å²) in [4.78, 5) is 82.7. The third-order valence-corrected chi connectivity index (χ3v) is 15.6. The number of benzene rings is 4. The number of thiophene rings is 1. The second kappa shape index (κ2) is 28.8. The Bertz CT molecular complexity index is 2810. The van der Waals surface area contributed by atoms with Crippen LogP contribution in [0.25, 0.3) is 32.6 Å².